The molecule has 0 aliphatic carbocycles. The number of carbonyl (C=O) groups excluding carboxylic acids is 1. The second-order valence-electron chi connectivity index (χ2n) is 5.44. The van der Waals surface area contributed by atoms with E-state index < -0.39 is 11.5 Å². The molecule has 1 aromatic rings. The third-order valence-electron chi connectivity index (χ3n) is 3.69. The van der Waals surface area contributed by atoms with Crippen molar-refractivity contribution in [2.75, 3.05) is 13.2 Å². The summed E-state index contributed by atoms with van der Waals surface area (Å²) in [6.45, 7) is 3.06. The van der Waals surface area contributed by atoms with Crippen molar-refractivity contribution in [3.63, 3.8) is 0 Å². The number of nitrogens with one attached hydrogen (secondary N) is 2. The maximum Gasteiger partial charge on any atom is 0.418 e. The molecule has 0 atom stereocenters. The van der Waals surface area contributed by atoms with Gasteiger partial charge in [0.05, 0.1) is 0 Å². The van der Waals surface area contributed by atoms with Gasteiger partial charge in [0.15, 0.2) is 0 Å². The van der Waals surface area contributed by atoms with Crippen molar-refractivity contribution in [2.45, 2.75) is 19.8 Å². The molecule has 1 aromatic carbocycles. The van der Waals surface area contributed by atoms with E-state index in [0.717, 1.165) is 0 Å². The molecule has 1 aliphatic rings. The van der Waals surface area contributed by atoms with Crippen LogP contribution in [0.4, 0.5) is 4.79 Å². The Labute approximate surface area is 129 Å². The highest BCUT2D eigenvalue weighted by Gasteiger charge is 2.31. The van der Waals surface area contributed by atoms with Crippen molar-refractivity contribution in [3.05, 3.63) is 42.2 Å². The Morgan fingerprint density at radius 3 is 2.64 bits per heavy atom. The summed E-state index contributed by atoms with van der Waals surface area (Å²) >= 11 is 0. The second-order valence-corrected chi connectivity index (χ2v) is 5.44. The molecule has 0 aromatic heterocycles. The van der Waals surface area contributed by atoms with Gasteiger partial charge in [-0.15, -0.1) is 0 Å². The summed E-state index contributed by atoms with van der Waals surface area (Å²) in [7, 11) is 0. The van der Waals surface area contributed by atoms with Crippen LogP contribution in [0, 0.1) is 10.8 Å². The van der Waals surface area contributed by atoms with E-state index in [1.807, 2.05) is 13.0 Å². The van der Waals surface area contributed by atoms with Gasteiger partial charge in [0.1, 0.15) is 17.3 Å². The van der Waals surface area contributed by atoms with Crippen LogP contribution in [0.15, 0.2) is 42.2 Å². The first-order chi connectivity index (χ1) is 10.5. The van der Waals surface area contributed by atoms with Crippen LogP contribution >= 0.6 is 0 Å². The van der Waals surface area contributed by atoms with E-state index in [0.29, 0.717) is 31.8 Å². The minimum absolute atomic E-state index is 0.0702. The quantitative estimate of drug-likeness (QED) is 0.455. The van der Waals surface area contributed by atoms with Gasteiger partial charge in [-0.2, -0.15) is 0 Å². The topological polar surface area (TPSA) is 91.6 Å². The summed E-state index contributed by atoms with van der Waals surface area (Å²) in [6.07, 6.45) is 1.84. The van der Waals surface area contributed by atoms with Crippen molar-refractivity contribution < 1.29 is 19.4 Å². The molecule has 118 valence electrons. The van der Waals surface area contributed by atoms with Crippen molar-refractivity contribution in [3.8, 4) is 5.75 Å². The number of benzene rings is 1. The van der Waals surface area contributed by atoms with E-state index in [9.17, 15) is 9.90 Å². The highest BCUT2D eigenvalue weighted by molar-refractivity contribution is 6.01. The van der Waals surface area contributed by atoms with Gasteiger partial charge in [-0.25, -0.2) is 4.79 Å². The first kappa shape index (κ1) is 16.0. The number of para-hydroxylation sites is 1. The van der Waals surface area contributed by atoms with Gasteiger partial charge in [-0.1, -0.05) is 25.1 Å². The average Bonchev–Trinajstić information content (AvgIpc) is 2.48. The molecular formula is C16H20N2O4. The van der Waals surface area contributed by atoms with Crippen LogP contribution in [-0.2, 0) is 4.74 Å². The fourth-order valence-corrected chi connectivity index (χ4v) is 2.16. The molecule has 1 saturated heterocycles. The average molecular weight is 304 g/mol. The zero-order chi connectivity index (χ0) is 16.0. The maximum atomic E-state index is 11.7. The van der Waals surface area contributed by atoms with Gasteiger partial charge >= 0.3 is 6.09 Å². The molecular weight excluding hydrogens is 284 g/mol. The molecule has 22 heavy (non-hydrogen) atoms. The SMILES string of the molecule is CC1(/C(O)=C/C(=N)NC(=O)Oc2ccccc2)CCOCC1. The summed E-state index contributed by atoms with van der Waals surface area (Å²) in [5.41, 5.74) is -0.421. The predicted molar refractivity (Wildman–Crippen MR) is 82.2 cm³/mol. The van der Waals surface area contributed by atoms with E-state index >= 15 is 0 Å². The largest absolute Gasteiger partial charge is 0.512 e. The number of amidine groups is 1. The van der Waals surface area contributed by atoms with Gasteiger partial charge in [-0.3, -0.25) is 10.7 Å². The number of amides is 1. The van der Waals surface area contributed by atoms with Crippen molar-refractivity contribution in [1.82, 2.24) is 5.32 Å². The molecule has 0 bridgehead atoms. The lowest BCUT2D eigenvalue weighted by molar-refractivity contribution is 0.0224. The lowest BCUT2D eigenvalue weighted by Gasteiger charge is -2.32. The first-order valence-electron chi connectivity index (χ1n) is 7.11. The summed E-state index contributed by atoms with van der Waals surface area (Å²) < 4.78 is 10.3. The molecule has 0 saturated carbocycles. The molecule has 1 aliphatic heterocycles. The van der Waals surface area contributed by atoms with E-state index in [-0.39, 0.29) is 11.6 Å². The van der Waals surface area contributed by atoms with Crippen LogP contribution < -0.4 is 10.1 Å². The third kappa shape index (κ3) is 4.33. The lowest BCUT2D eigenvalue weighted by atomic mass is 9.80. The molecule has 0 spiro atoms. The van der Waals surface area contributed by atoms with Crippen molar-refractivity contribution in [2.24, 2.45) is 5.41 Å². The van der Waals surface area contributed by atoms with Crippen LogP contribution in [0.25, 0.3) is 0 Å². The number of rotatable bonds is 3. The van der Waals surface area contributed by atoms with Gasteiger partial charge in [0.2, 0.25) is 0 Å². The smallest absolute Gasteiger partial charge is 0.418 e. The number of allylic oxidation sites excluding steroid dienone is 1. The van der Waals surface area contributed by atoms with Gasteiger partial charge in [-0.05, 0) is 25.0 Å². The van der Waals surface area contributed by atoms with Crippen LogP contribution in [0.5, 0.6) is 5.75 Å². The van der Waals surface area contributed by atoms with Crippen molar-refractivity contribution >= 4 is 11.9 Å². The first-order valence-corrected chi connectivity index (χ1v) is 7.11. The summed E-state index contributed by atoms with van der Waals surface area (Å²) in [5, 5.41) is 20.2. The van der Waals surface area contributed by atoms with E-state index in [4.69, 9.17) is 14.9 Å². The normalized spacial score (nSPS) is 17.6. The van der Waals surface area contributed by atoms with Gasteiger partial charge in [0, 0.05) is 24.7 Å². The molecule has 3 N–H and O–H groups in total. The standard InChI is InChI=1S/C16H20N2O4/c1-16(7-9-21-10-8-16)13(19)11-14(17)18-15(20)22-12-5-3-2-4-6-12/h2-6,11,19H,7-10H2,1H3,(H2,17,18,20)/b13-11-. The zero-order valence-electron chi connectivity index (χ0n) is 12.5. The molecule has 0 radical (unpaired) electrons. The van der Waals surface area contributed by atoms with Crippen LogP contribution in [0.1, 0.15) is 19.8 Å². The number of aliphatic hydroxyl groups excluding tert-OH is 1. The summed E-state index contributed by atoms with van der Waals surface area (Å²) in [4.78, 5) is 11.7. The molecule has 0 unspecified atom stereocenters. The Balaban J connectivity index is 1.91. The van der Waals surface area contributed by atoms with Gasteiger partial charge in [0.25, 0.3) is 0 Å². The monoisotopic (exact) mass is 304 g/mol. The summed E-state index contributed by atoms with van der Waals surface area (Å²) in [6, 6.07) is 8.57. The number of carbonyl (C=O) groups is 1. The minimum atomic E-state index is -0.766. The van der Waals surface area contributed by atoms with Crippen LogP contribution in [-0.4, -0.2) is 30.2 Å². The number of ether oxygens (including phenoxy) is 2. The lowest BCUT2D eigenvalue weighted by Crippen LogP contribution is -2.33. The third-order valence-corrected chi connectivity index (χ3v) is 3.69. The fraction of sp³-hybridized carbons (Fsp3) is 0.375. The van der Waals surface area contributed by atoms with Crippen LogP contribution in [0.2, 0.25) is 0 Å². The summed E-state index contributed by atoms with van der Waals surface area (Å²) in [5.74, 6) is 0.240. The molecule has 1 fully saturated rings. The fourth-order valence-electron chi connectivity index (χ4n) is 2.16. The second kappa shape index (κ2) is 7.09. The molecule has 2 rings (SSSR count). The molecule has 6 heteroatoms. The maximum absolute atomic E-state index is 11.7. The van der Waals surface area contributed by atoms with E-state index in [1.165, 1.54) is 6.08 Å². The Kier molecular flexibility index (Phi) is 5.16. The van der Waals surface area contributed by atoms with E-state index in [2.05, 4.69) is 5.32 Å². The minimum Gasteiger partial charge on any atom is -0.512 e. The Hall–Kier alpha value is -2.34. The molecule has 1 heterocycles. The Bertz CT molecular complexity index is 563. The van der Waals surface area contributed by atoms with Crippen molar-refractivity contribution in [1.29, 1.82) is 5.41 Å². The number of aliphatic hydroxyl groups is 1. The van der Waals surface area contributed by atoms with Gasteiger partial charge < -0.3 is 14.6 Å². The van der Waals surface area contributed by atoms with E-state index in [1.54, 1.807) is 24.3 Å². The zero-order valence-corrected chi connectivity index (χ0v) is 12.5. The Morgan fingerprint density at radius 1 is 1.36 bits per heavy atom. The number of hydrogen-bond acceptors (Lipinski definition) is 5. The Morgan fingerprint density at radius 2 is 2.00 bits per heavy atom. The highest BCUT2D eigenvalue weighted by atomic mass is 16.6. The highest BCUT2D eigenvalue weighted by Crippen LogP contribution is 2.35. The predicted octanol–water partition coefficient (Wildman–Crippen LogP) is 3.01. The molecule has 6 nitrogen and oxygen atoms in total. The molecule has 1 amide bonds. The van der Waals surface area contributed by atoms with Crippen LogP contribution in [0.3, 0.4) is 0 Å². The number of hydrogen-bond donors (Lipinski definition) is 3.